The summed E-state index contributed by atoms with van der Waals surface area (Å²) in [5.41, 5.74) is 2.38. The highest BCUT2D eigenvalue weighted by molar-refractivity contribution is 5.33. The molecule has 1 aromatic rings. The van der Waals surface area contributed by atoms with Gasteiger partial charge in [0.1, 0.15) is 5.82 Å². The fraction of sp³-hybridized carbons (Fsp3) is 0.429. The second-order valence-corrected chi connectivity index (χ2v) is 2.56. The van der Waals surface area contributed by atoms with Crippen molar-refractivity contribution in [2.75, 3.05) is 31.5 Å². The summed E-state index contributed by atoms with van der Waals surface area (Å²) < 4.78 is 1.31. The van der Waals surface area contributed by atoms with Crippen molar-refractivity contribution in [3.8, 4) is 0 Å². The van der Waals surface area contributed by atoms with Gasteiger partial charge in [-0.3, -0.25) is 0 Å². The summed E-state index contributed by atoms with van der Waals surface area (Å²) in [6.07, 6.45) is 1.64. The Morgan fingerprint density at radius 2 is 2.25 bits per heavy atom. The molecule has 1 N–H and O–H groups in total. The van der Waals surface area contributed by atoms with Gasteiger partial charge in [0.25, 0.3) is 0 Å². The molecule has 0 aliphatic heterocycles. The molecule has 5 heteroatoms. The lowest BCUT2D eigenvalue weighted by Crippen LogP contribution is -2.29. The van der Waals surface area contributed by atoms with Gasteiger partial charge >= 0.3 is 5.69 Å². The smallest absolute Gasteiger partial charge is 0.363 e. The Balaban J connectivity index is 3.11. The molecule has 0 aliphatic rings. The standard InChI is InChI=1S/C7H12N4O/c1-8-11-5-4-6(10(2)3)9-7(11)12/h4-5,8H,1-3H3. The normalized spacial score (nSPS) is 9.58. The lowest BCUT2D eigenvalue weighted by molar-refractivity contribution is 0.815. The summed E-state index contributed by atoms with van der Waals surface area (Å²) >= 11 is 0. The van der Waals surface area contributed by atoms with Gasteiger partial charge in [-0.05, 0) is 6.07 Å². The zero-order valence-corrected chi connectivity index (χ0v) is 7.40. The van der Waals surface area contributed by atoms with Crippen LogP contribution in [-0.2, 0) is 0 Å². The summed E-state index contributed by atoms with van der Waals surface area (Å²) in [4.78, 5) is 16.7. The first-order valence-electron chi connectivity index (χ1n) is 3.60. The van der Waals surface area contributed by atoms with Gasteiger partial charge in [0.2, 0.25) is 0 Å². The molecule has 66 valence electrons. The van der Waals surface area contributed by atoms with E-state index in [1.54, 1.807) is 24.2 Å². The Bertz CT molecular complexity index is 317. The third-order valence-corrected chi connectivity index (χ3v) is 1.49. The van der Waals surface area contributed by atoms with Gasteiger partial charge in [-0.2, -0.15) is 4.98 Å². The molecule has 0 unspecified atom stereocenters. The highest BCUT2D eigenvalue weighted by Crippen LogP contribution is 1.99. The van der Waals surface area contributed by atoms with E-state index in [1.807, 2.05) is 14.1 Å². The number of hydrogen-bond acceptors (Lipinski definition) is 4. The molecule has 5 nitrogen and oxygen atoms in total. The topological polar surface area (TPSA) is 50.2 Å². The molecular formula is C7H12N4O. The Morgan fingerprint density at radius 1 is 1.58 bits per heavy atom. The van der Waals surface area contributed by atoms with Crippen molar-refractivity contribution in [2.24, 2.45) is 0 Å². The Hall–Kier alpha value is -1.52. The molecule has 0 radical (unpaired) electrons. The molecule has 0 spiro atoms. The highest BCUT2D eigenvalue weighted by Gasteiger charge is 1.98. The van der Waals surface area contributed by atoms with Gasteiger partial charge in [0.15, 0.2) is 0 Å². The second-order valence-electron chi connectivity index (χ2n) is 2.56. The maximum atomic E-state index is 11.1. The first kappa shape index (κ1) is 8.58. The van der Waals surface area contributed by atoms with Crippen LogP contribution >= 0.6 is 0 Å². The van der Waals surface area contributed by atoms with Crippen LogP contribution in [0.1, 0.15) is 0 Å². The number of nitrogens with one attached hydrogen (secondary N) is 1. The first-order chi connectivity index (χ1) is 5.65. The predicted molar refractivity (Wildman–Crippen MR) is 48.1 cm³/mol. The minimum absolute atomic E-state index is 0.302. The van der Waals surface area contributed by atoms with Crippen molar-refractivity contribution in [2.45, 2.75) is 0 Å². The van der Waals surface area contributed by atoms with Crippen molar-refractivity contribution in [3.63, 3.8) is 0 Å². The van der Waals surface area contributed by atoms with Crippen molar-refractivity contribution in [3.05, 3.63) is 22.7 Å². The summed E-state index contributed by atoms with van der Waals surface area (Å²) in [5.74, 6) is 0.659. The van der Waals surface area contributed by atoms with Crippen molar-refractivity contribution < 1.29 is 0 Å². The van der Waals surface area contributed by atoms with Crippen molar-refractivity contribution in [1.29, 1.82) is 0 Å². The van der Waals surface area contributed by atoms with Crippen molar-refractivity contribution in [1.82, 2.24) is 9.66 Å². The van der Waals surface area contributed by atoms with E-state index >= 15 is 0 Å². The van der Waals surface area contributed by atoms with Crippen LogP contribution in [0.15, 0.2) is 17.1 Å². The second kappa shape index (κ2) is 3.25. The van der Waals surface area contributed by atoms with Gasteiger partial charge in [0.05, 0.1) is 0 Å². The van der Waals surface area contributed by atoms with Gasteiger partial charge in [0, 0.05) is 27.3 Å². The number of rotatable bonds is 2. The fourth-order valence-electron chi connectivity index (χ4n) is 0.813. The van der Waals surface area contributed by atoms with E-state index in [4.69, 9.17) is 0 Å². The number of aromatic nitrogens is 2. The molecule has 0 fully saturated rings. The quantitative estimate of drug-likeness (QED) is 0.645. The van der Waals surface area contributed by atoms with Crippen LogP contribution in [0.3, 0.4) is 0 Å². The van der Waals surface area contributed by atoms with E-state index in [1.165, 1.54) is 4.68 Å². The molecule has 1 heterocycles. The van der Waals surface area contributed by atoms with E-state index in [0.717, 1.165) is 0 Å². The molecule has 12 heavy (non-hydrogen) atoms. The third-order valence-electron chi connectivity index (χ3n) is 1.49. The molecule has 1 aromatic heterocycles. The summed E-state index contributed by atoms with van der Waals surface area (Å²) in [6.45, 7) is 0. The van der Waals surface area contributed by atoms with Crippen molar-refractivity contribution >= 4 is 5.82 Å². The molecule has 0 saturated heterocycles. The van der Waals surface area contributed by atoms with E-state index in [2.05, 4.69) is 10.4 Å². The number of hydrogen-bond donors (Lipinski definition) is 1. The van der Waals surface area contributed by atoms with Crippen LogP contribution < -0.4 is 16.0 Å². The van der Waals surface area contributed by atoms with Crippen LogP contribution in [-0.4, -0.2) is 30.8 Å². The van der Waals surface area contributed by atoms with E-state index in [9.17, 15) is 4.79 Å². The predicted octanol–water partition coefficient (Wildman–Crippen LogP) is -0.517. The average molecular weight is 168 g/mol. The molecule has 1 rings (SSSR count). The summed E-state index contributed by atoms with van der Waals surface area (Å²) in [5, 5.41) is 0. The van der Waals surface area contributed by atoms with Gasteiger partial charge in [-0.15, -0.1) is 0 Å². The fourth-order valence-corrected chi connectivity index (χ4v) is 0.813. The summed E-state index contributed by atoms with van der Waals surface area (Å²) in [6, 6.07) is 1.76. The lowest BCUT2D eigenvalue weighted by atomic mass is 10.5. The minimum Gasteiger partial charge on any atom is -0.363 e. The molecule has 0 bridgehead atoms. The molecule has 0 amide bonds. The maximum absolute atomic E-state index is 11.1. The van der Waals surface area contributed by atoms with Gasteiger partial charge in [-0.25, -0.2) is 9.47 Å². The maximum Gasteiger partial charge on any atom is 0.367 e. The summed E-state index contributed by atoms with van der Waals surface area (Å²) in [7, 11) is 5.34. The number of anilines is 1. The van der Waals surface area contributed by atoms with Gasteiger partial charge < -0.3 is 10.3 Å². The first-order valence-corrected chi connectivity index (χ1v) is 3.60. The monoisotopic (exact) mass is 168 g/mol. The Labute approximate surface area is 70.6 Å². The Morgan fingerprint density at radius 3 is 2.67 bits per heavy atom. The van der Waals surface area contributed by atoms with E-state index in [-0.39, 0.29) is 5.69 Å². The molecule has 0 atom stereocenters. The van der Waals surface area contributed by atoms with Crippen LogP contribution in [0.25, 0.3) is 0 Å². The van der Waals surface area contributed by atoms with E-state index < -0.39 is 0 Å². The lowest BCUT2D eigenvalue weighted by Gasteiger charge is -2.11. The molecule has 0 saturated carbocycles. The van der Waals surface area contributed by atoms with Crippen LogP contribution in [0.4, 0.5) is 5.82 Å². The van der Waals surface area contributed by atoms with Crippen LogP contribution in [0, 0.1) is 0 Å². The molecule has 0 aliphatic carbocycles. The van der Waals surface area contributed by atoms with Gasteiger partial charge in [-0.1, -0.05) is 0 Å². The third kappa shape index (κ3) is 1.55. The zero-order chi connectivity index (χ0) is 9.14. The van der Waals surface area contributed by atoms with Crippen LogP contribution in [0.5, 0.6) is 0 Å². The minimum atomic E-state index is -0.302. The molecule has 0 aromatic carbocycles. The highest BCUT2D eigenvalue weighted by atomic mass is 16.1. The SMILES string of the molecule is CNn1ccc(N(C)C)nc1=O. The Kier molecular flexibility index (Phi) is 2.32. The molecular weight excluding hydrogens is 156 g/mol. The zero-order valence-electron chi connectivity index (χ0n) is 7.40. The number of nitrogens with zero attached hydrogens (tertiary/aromatic N) is 3. The largest absolute Gasteiger partial charge is 0.367 e. The average Bonchev–Trinajstić information content (AvgIpc) is 2.04. The van der Waals surface area contributed by atoms with Crippen LogP contribution in [0.2, 0.25) is 0 Å². The van der Waals surface area contributed by atoms with E-state index in [0.29, 0.717) is 5.82 Å².